The van der Waals surface area contributed by atoms with Crippen LogP contribution in [0.2, 0.25) is 0 Å². The number of nitrogens with zero attached hydrogens (tertiary/aromatic N) is 1. The number of nitrogens with one attached hydrogen (secondary N) is 2. The van der Waals surface area contributed by atoms with Crippen molar-refractivity contribution >= 4 is 54.9 Å². The number of nitrogens with two attached hydrogens (primary N) is 1. The first-order chi connectivity index (χ1) is 16.9. The van der Waals surface area contributed by atoms with E-state index in [0.717, 1.165) is 18.2 Å². The molecule has 0 aromatic heterocycles. The lowest BCUT2D eigenvalue weighted by Crippen LogP contribution is -2.31. The number of aliphatic carboxylic acids is 1. The smallest absolute Gasteiger partial charge is 0.325 e. The summed E-state index contributed by atoms with van der Waals surface area (Å²) in [4.78, 5) is 34.0. The molecule has 0 saturated carbocycles. The molecule has 0 aliphatic rings. The third-order valence-electron chi connectivity index (χ3n) is 4.74. The summed E-state index contributed by atoms with van der Waals surface area (Å²) in [5, 5.41) is 22.9. The number of nitrogen functional groups attached to an aromatic ring is 1. The maximum atomic E-state index is 12.9. The highest BCUT2D eigenvalue weighted by molar-refractivity contribution is 9.10. The number of nitro benzene ring substituents is 1. The lowest BCUT2D eigenvalue weighted by Gasteiger charge is -2.14. The first-order valence-electron chi connectivity index (χ1n) is 10.1. The summed E-state index contributed by atoms with van der Waals surface area (Å²) in [5.41, 5.74) is 5.14. The Kier molecular flexibility index (Phi) is 7.80. The highest BCUT2D eigenvalue weighted by atomic mass is 79.9. The van der Waals surface area contributed by atoms with Gasteiger partial charge in [-0.1, -0.05) is 15.9 Å². The number of carbonyl (C=O) groups is 2. The van der Waals surface area contributed by atoms with Crippen molar-refractivity contribution in [2.24, 2.45) is 0 Å². The van der Waals surface area contributed by atoms with E-state index in [2.05, 4.69) is 21.2 Å². The summed E-state index contributed by atoms with van der Waals surface area (Å²) >= 11 is 3.27. The molecule has 14 heteroatoms. The molecule has 1 atom stereocenters. The number of nitro groups is 1. The SMILES string of the molecule is CC(Nc1ccc(S(=O)(=O)NC(=O)c2ccc(Br)cc2Oc2ccc(N)cc2)cc1[N+](=O)[O-])C(=O)O. The van der Waals surface area contributed by atoms with E-state index in [-0.39, 0.29) is 17.0 Å². The van der Waals surface area contributed by atoms with Crippen LogP contribution in [0.25, 0.3) is 0 Å². The molecule has 36 heavy (non-hydrogen) atoms. The molecule has 0 heterocycles. The molecule has 1 amide bonds. The van der Waals surface area contributed by atoms with Gasteiger partial charge in [0, 0.05) is 16.2 Å². The third kappa shape index (κ3) is 6.28. The molecule has 1 unspecified atom stereocenters. The number of carbonyl (C=O) groups excluding carboxylic acids is 1. The second-order valence-corrected chi connectivity index (χ2v) is 9.98. The van der Waals surface area contributed by atoms with Crippen molar-refractivity contribution in [3.63, 3.8) is 0 Å². The number of amides is 1. The molecular weight excluding hydrogens is 560 g/mol. The van der Waals surface area contributed by atoms with Gasteiger partial charge >= 0.3 is 5.97 Å². The van der Waals surface area contributed by atoms with Gasteiger partial charge < -0.3 is 20.9 Å². The second-order valence-electron chi connectivity index (χ2n) is 7.39. The van der Waals surface area contributed by atoms with Crippen LogP contribution in [0.3, 0.4) is 0 Å². The molecule has 0 spiro atoms. The summed E-state index contributed by atoms with van der Waals surface area (Å²) in [6.07, 6.45) is 0. The van der Waals surface area contributed by atoms with Gasteiger partial charge in [-0.2, -0.15) is 0 Å². The largest absolute Gasteiger partial charge is 0.480 e. The Labute approximate surface area is 213 Å². The van der Waals surface area contributed by atoms with Gasteiger partial charge in [0.1, 0.15) is 23.2 Å². The summed E-state index contributed by atoms with van der Waals surface area (Å²) in [5.74, 6) is -1.93. The standard InChI is InChI=1S/C22H19BrN4O8S/c1-12(22(29)30)25-18-9-7-16(11-19(18)27(31)32)36(33,34)26-21(28)17-8-2-13(23)10-20(17)35-15-5-3-14(24)4-6-15/h2-12,25H,24H2,1H3,(H,26,28)(H,29,30). The zero-order valence-corrected chi connectivity index (χ0v) is 20.9. The van der Waals surface area contributed by atoms with E-state index in [1.54, 1.807) is 24.3 Å². The summed E-state index contributed by atoms with van der Waals surface area (Å²) in [7, 11) is -4.56. The van der Waals surface area contributed by atoms with Crippen LogP contribution in [0.5, 0.6) is 11.5 Å². The molecule has 3 aromatic carbocycles. The maximum absolute atomic E-state index is 12.9. The molecule has 0 radical (unpaired) electrons. The lowest BCUT2D eigenvalue weighted by atomic mass is 10.2. The number of sulfonamides is 1. The van der Waals surface area contributed by atoms with Crippen molar-refractivity contribution in [3.05, 3.63) is 80.8 Å². The number of anilines is 2. The Hall–Kier alpha value is -4.17. The van der Waals surface area contributed by atoms with Crippen LogP contribution >= 0.6 is 15.9 Å². The minimum absolute atomic E-state index is 0.0371. The predicted molar refractivity (Wildman–Crippen MR) is 134 cm³/mol. The van der Waals surface area contributed by atoms with E-state index in [1.165, 1.54) is 25.1 Å². The first kappa shape index (κ1) is 26.4. The molecule has 188 valence electrons. The maximum Gasteiger partial charge on any atom is 0.325 e. The van der Waals surface area contributed by atoms with Crippen molar-refractivity contribution in [1.29, 1.82) is 0 Å². The summed E-state index contributed by atoms with van der Waals surface area (Å²) in [6, 6.07) is 12.2. The van der Waals surface area contributed by atoms with E-state index >= 15 is 0 Å². The van der Waals surface area contributed by atoms with Gasteiger partial charge in [0.25, 0.3) is 21.6 Å². The van der Waals surface area contributed by atoms with Gasteiger partial charge in [0.2, 0.25) is 0 Å². The quantitative estimate of drug-likeness (QED) is 0.165. The predicted octanol–water partition coefficient (Wildman–Crippen LogP) is 3.74. The molecule has 0 bridgehead atoms. The average Bonchev–Trinajstić information content (AvgIpc) is 2.80. The normalized spacial score (nSPS) is 11.8. The highest BCUT2D eigenvalue weighted by Gasteiger charge is 2.26. The highest BCUT2D eigenvalue weighted by Crippen LogP contribution is 2.31. The molecule has 0 aliphatic heterocycles. The van der Waals surface area contributed by atoms with E-state index < -0.39 is 43.4 Å². The molecule has 12 nitrogen and oxygen atoms in total. The Morgan fingerprint density at radius 3 is 2.39 bits per heavy atom. The topological polar surface area (TPSA) is 191 Å². The molecule has 0 saturated heterocycles. The van der Waals surface area contributed by atoms with Crippen LogP contribution in [0.4, 0.5) is 17.1 Å². The Morgan fingerprint density at radius 1 is 1.11 bits per heavy atom. The molecular formula is C22H19BrN4O8S. The van der Waals surface area contributed by atoms with Crippen molar-refractivity contribution < 1.29 is 32.8 Å². The van der Waals surface area contributed by atoms with Gasteiger partial charge in [0.05, 0.1) is 15.4 Å². The number of carboxylic acids is 1. The van der Waals surface area contributed by atoms with Crippen LogP contribution in [0, 0.1) is 10.1 Å². The summed E-state index contributed by atoms with van der Waals surface area (Å²) in [6.45, 7) is 1.26. The molecule has 0 fully saturated rings. The van der Waals surface area contributed by atoms with Crippen molar-refractivity contribution in [3.8, 4) is 11.5 Å². The van der Waals surface area contributed by atoms with Gasteiger partial charge in [-0.25, -0.2) is 13.1 Å². The fourth-order valence-electron chi connectivity index (χ4n) is 2.91. The molecule has 0 aliphatic carbocycles. The number of rotatable bonds is 9. The van der Waals surface area contributed by atoms with Crippen LogP contribution in [-0.2, 0) is 14.8 Å². The summed E-state index contributed by atoms with van der Waals surface area (Å²) < 4.78 is 33.9. The first-order valence-corrected chi connectivity index (χ1v) is 12.3. The zero-order valence-electron chi connectivity index (χ0n) is 18.5. The second kappa shape index (κ2) is 10.6. The molecule has 5 N–H and O–H groups in total. The van der Waals surface area contributed by atoms with E-state index in [0.29, 0.717) is 15.9 Å². The Morgan fingerprint density at radius 2 is 1.78 bits per heavy atom. The number of hydrogen-bond acceptors (Lipinski definition) is 9. The van der Waals surface area contributed by atoms with Crippen LogP contribution in [0.15, 0.2) is 70.0 Å². The fourth-order valence-corrected chi connectivity index (χ4v) is 4.24. The van der Waals surface area contributed by atoms with E-state index in [1.807, 2.05) is 4.72 Å². The van der Waals surface area contributed by atoms with Crippen LogP contribution in [-0.4, -0.2) is 36.4 Å². The third-order valence-corrected chi connectivity index (χ3v) is 6.56. The van der Waals surface area contributed by atoms with Crippen LogP contribution in [0.1, 0.15) is 17.3 Å². The molecule has 3 aromatic rings. The Balaban J connectivity index is 1.90. The minimum Gasteiger partial charge on any atom is -0.480 e. The van der Waals surface area contributed by atoms with Crippen molar-refractivity contribution in [2.45, 2.75) is 17.9 Å². The fraction of sp³-hybridized carbons (Fsp3) is 0.0909. The van der Waals surface area contributed by atoms with Gasteiger partial charge in [0.15, 0.2) is 0 Å². The van der Waals surface area contributed by atoms with E-state index in [9.17, 15) is 28.1 Å². The van der Waals surface area contributed by atoms with Crippen molar-refractivity contribution in [2.75, 3.05) is 11.1 Å². The lowest BCUT2D eigenvalue weighted by molar-refractivity contribution is -0.384. The number of carboxylic acid groups (broad SMARTS) is 1. The number of ether oxygens (including phenoxy) is 1. The monoisotopic (exact) mass is 578 g/mol. The minimum atomic E-state index is -4.56. The van der Waals surface area contributed by atoms with E-state index in [4.69, 9.17) is 15.6 Å². The zero-order chi connectivity index (χ0) is 26.6. The number of hydrogen-bond donors (Lipinski definition) is 4. The van der Waals surface area contributed by atoms with Gasteiger partial charge in [-0.05, 0) is 61.5 Å². The average molecular weight is 579 g/mol. The number of halogens is 1. The van der Waals surface area contributed by atoms with Crippen LogP contribution < -0.4 is 20.5 Å². The van der Waals surface area contributed by atoms with Gasteiger partial charge in [-0.15, -0.1) is 0 Å². The number of benzene rings is 3. The van der Waals surface area contributed by atoms with Gasteiger partial charge in [-0.3, -0.25) is 19.7 Å². The molecule has 3 rings (SSSR count). The van der Waals surface area contributed by atoms with Crippen molar-refractivity contribution in [1.82, 2.24) is 4.72 Å². The Bertz CT molecular complexity index is 1440.